The lowest BCUT2D eigenvalue weighted by molar-refractivity contribution is -0.162. The maximum atomic E-state index is 13.6. The average Bonchev–Trinajstić information content (AvgIpc) is 3.50. The fourth-order valence-corrected chi connectivity index (χ4v) is 5.16. The molecule has 2 fully saturated rings. The minimum Gasteiger partial charge on any atom is -0.400 e. The van der Waals surface area contributed by atoms with Crippen LogP contribution in [0.25, 0.3) is 16.7 Å². The van der Waals surface area contributed by atoms with Gasteiger partial charge in [-0.05, 0) is 62.5 Å². The van der Waals surface area contributed by atoms with Crippen LogP contribution in [0, 0.1) is 11.8 Å². The number of nitrogens with zero attached hydrogens (tertiary/aromatic N) is 3. The topological polar surface area (TPSA) is 50.9 Å². The Morgan fingerprint density at radius 3 is 2.50 bits per heavy atom. The van der Waals surface area contributed by atoms with Crippen LogP contribution >= 0.6 is 0 Å². The second-order valence-corrected chi connectivity index (χ2v) is 9.20. The van der Waals surface area contributed by atoms with Crippen molar-refractivity contribution in [3.05, 3.63) is 29.7 Å². The molecule has 2 saturated carbocycles. The van der Waals surface area contributed by atoms with Crippen molar-refractivity contribution >= 4 is 16.7 Å². The minimum absolute atomic E-state index is 0.146. The minimum atomic E-state index is -4.23. The Hall–Kier alpha value is -1.89. The van der Waals surface area contributed by atoms with Gasteiger partial charge in [-0.2, -0.15) is 13.2 Å². The van der Waals surface area contributed by atoms with Crippen LogP contribution < -0.4 is 0 Å². The lowest BCUT2D eigenvalue weighted by Crippen LogP contribution is -2.30. The highest BCUT2D eigenvalue weighted by molar-refractivity contribution is 5.76. The summed E-state index contributed by atoms with van der Waals surface area (Å²) in [7, 11) is 2.68. The van der Waals surface area contributed by atoms with E-state index in [0.717, 1.165) is 43.1 Å². The number of aliphatic hydroxyl groups is 1. The van der Waals surface area contributed by atoms with Gasteiger partial charge in [-0.1, -0.05) is 38.7 Å². The number of alkyl halides is 3. The van der Waals surface area contributed by atoms with E-state index in [1.807, 2.05) is 6.92 Å². The Bertz CT molecular complexity index is 940. The van der Waals surface area contributed by atoms with Crippen LogP contribution in [0.5, 0.6) is 0 Å². The van der Waals surface area contributed by atoms with Crippen LogP contribution in [0.4, 0.5) is 13.2 Å². The number of rotatable bonds is 8. The molecule has 0 bridgehead atoms. The average molecular weight is 452 g/mol. The van der Waals surface area contributed by atoms with Gasteiger partial charge >= 0.3 is 6.18 Å². The van der Waals surface area contributed by atoms with Gasteiger partial charge < -0.3 is 9.67 Å². The number of hydrogen-bond acceptors (Lipinski definition) is 3. The molecule has 0 aromatic carbocycles. The smallest absolute Gasteiger partial charge is 0.399 e. The number of aliphatic hydroxyl groups excluding tert-OH is 1. The number of allylic oxidation sites excluding steroid dienone is 2. The van der Waals surface area contributed by atoms with E-state index in [1.165, 1.54) is 32.1 Å². The summed E-state index contributed by atoms with van der Waals surface area (Å²) < 4.78 is 42.4. The zero-order valence-electron chi connectivity index (χ0n) is 19.7. The molecule has 1 N–H and O–H groups in total. The van der Waals surface area contributed by atoms with Gasteiger partial charge in [0.05, 0.1) is 11.9 Å². The number of halogens is 3. The highest BCUT2D eigenvalue weighted by Crippen LogP contribution is 2.59. The zero-order valence-corrected chi connectivity index (χ0v) is 19.7. The molecule has 2 aromatic heterocycles. The third kappa shape index (κ3) is 4.59. The molecule has 0 amide bonds. The maximum absolute atomic E-state index is 13.6. The van der Waals surface area contributed by atoms with Crippen LogP contribution in [0.3, 0.4) is 0 Å². The highest BCUT2D eigenvalue weighted by atomic mass is 19.4. The van der Waals surface area contributed by atoms with Gasteiger partial charge in [-0.3, -0.25) is 4.98 Å². The Kier molecular flexibility index (Phi) is 7.69. The van der Waals surface area contributed by atoms with Crippen molar-refractivity contribution in [2.75, 3.05) is 7.11 Å². The fraction of sp³-hybridized carbons (Fsp3) is 0.680. The Balaban J connectivity index is 0.00000141. The first kappa shape index (κ1) is 24.7. The van der Waals surface area contributed by atoms with E-state index in [4.69, 9.17) is 10.1 Å². The summed E-state index contributed by atoms with van der Waals surface area (Å²) in [6.07, 6.45) is 8.52. The number of aromatic nitrogens is 3. The second-order valence-electron chi connectivity index (χ2n) is 9.20. The molecule has 4 nitrogen and oxygen atoms in total. The van der Waals surface area contributed by atoms with Crippen molar-refractivity contribution in [1.29, 1.82) is 0 Å². The molecule has 1 unspecified atom stereocenters. The summed E-state index contributed by atoms with van der Waals surface area (Å²) in [5.41, 5.74) is 1.57. The van der Waals surface area contributed by atoms with Crippen molar-refractivity contribution in [3.8, 4) is 0 Å². The monoisotopic (exact) mass is 451 g/mol. The van der Waals surface area contributed by atoms with Gasteiger partial charge in [-0.25, -0.2) is 4.98 Å². The van der Waals surface area contributed by atoms with Crippen LogP contribution in [-0.2, 0) is 12.5 Å². The predicted molar refractivity (Wildman–Crippen MR) is 122 cm³/mol. The molecule has 1 atom stereocenters. The van der Waals surface area contributed by atoms with E-state index in [2.05, 4.69) is 18.0 Å². The molecule has 7 heteroatoms. The van der Waals surface area contributed by atoms with E-state index in [0.29, 0.717) is 11.2 Å². The Labute approximate surface area is 189 Å². The third-order valence-electron chi connectivity index (χ3n) is 7.56. The molecule has 2 heterocycles. The van der Waals surface area contributed by atoms with E-state index in [-0.39, 0.29) is 18.5 Å². The summed E-state index contributed by atoms with van der Waals surface area (Å²) in [6.45, 7) is 4.29. The Morgan fingerprint density at radius 2 is 2.00 bits per heavy atom. The SMILES string of the molecule is C/C=C(\CCCC(CC)C1CCC1)c1cnc2cc(C3(C(F)(F)F)CC3)n(C)c2n1.CO. The fourth-order valence-electron chi connectivity index (χ4n) is 5.16. The number of hydrogen-bond donors (Lipinski definition) is 1. The van der Waals surface area contributed by atoms with Crippen molar-refractivity contribution < 1.29 is 18.3 Å². The first-order valence-corrected chi connectivity index (χ1v) is 11.8. The summed E-state index contributed by atoms with van der Waals surface area (Å²) in [6, 6.07) is 1.58. The van der Waals surface area contributed by atoms with Crippen LogP contribution in [0.15, 0.2) is 18.3 Å². The quantitative estimate of drug-likeness (QED) is 0.494. The number of fused-ring (bicyclic) bond motifs is 1. The summed E-state index contributed by atoms with van der Waals surface area (Å²) >= 11 is 0. The van der Waals surface area contributed by atoms with Gasteiger partial charge in [-0.15, -0.1) is 0 Å². The van der Waals surface area contributed by atoms with Gasteiger partial charge in [0.1, 0.15) is 10.9 Å². The largest absolute Gasteiger partial charge is 0.400 e. The second kappa shape index (κ2) is 9.94. The molecule has 2 aromatic rings. The lowest BCUT2D eigenvalue weighted by atomic mass is 9.73. The van der Waals surface area contributed by atoms with Crippen molar-refractivity contribution in [2.24, 2.45) is 18.9 Å². The van der Waals surface area contributed by atoms with E-state index in [9.17, 15) is 13.2 Å². The molecule has 2 aliphatic rings. The molecule has 0 aliphatic heterocycles. The van der Waals surface area contributed by atoms with Crippen LogP contribution in [0.2, 0.25) is 0 Å². The molecule has 2 aliphatic carbocycles. The molecule has 0 spiro atoms. The molecule has 0 radical (unpaired) electrons. The first-order valence-electron chi connectivity index (χ1n) is 11.8. The van der Waals surface area contributed by atoms with Crippen molar-refractivity contribution in [2.45, 2.75) is 83.2 Å². The summed E-state index contributed by atoms with van der Waals surface area (Å²) in [5.74, 6) is 1.73. The molecular formula is C25H36F3N3O. The maximum Gasteiger partial charge on any atom is 0.399 e. The van der Waals surface area contributed by atoms with Crippen molar-refractivity contribution in [1.82, 2.24) is 14.5 Å². The van der Waals surface area contributed by atoms with Gasteiger partial charge in [0.15, 0.2) is 5.65 Å². The van der Waals surface area contributed by atoms with Gasteiger partial charge in [0, 0.05) is 19.9 Å². The van der Waals surface area contributed by atoms with E-state index in [1.54, 1.807) is 23.9 Å². The summed E-state index contributed by atoms with van der Waals surface area (Å²) in [5, 5.41) is 7.00. The van der Waals surface area contributed by atoms with Gasteiger partial charge in [0.25, 0.3) is 0 Å². The molecule has 32 heavy (non-hydrogen) atoms. The normalized spacial score (nSPS) is 19.3. The predicted octanol–water partition coefficient (Wildman–Crippen LogP) is 6.57. The van der Waals surface area contributed by atoms with E-state index >= 15 is 0 Å². The third-order valence-corrected chi connectivity index (χ3v) is 7.56. The van der Waals surface area contributed by atoms with Crippen LogP contribution in [-0.4, -0.2) is 32.9 Å². The van der Waals surface area contributed by atoms with Crippen molar-refractivity contribution in [3.63, 3.8) is 0 Å². The highest BCUT2D eigenvalue weighted by Gasteiger charge is 2.65. The molecular weight excluding hydrogens is 415 g/mol. The lowest BCUT2D eigenvalue weighted by Gasteiger charge is -2.33. The standard InChI is InChI=1S/C24H32F3N3.CH4O/c1-4-16(18-10-7-11-18)8-6-9-17(5-2)20-15-28-19-14-21(30(3)22(19)29-20)23(12-13-23)24(25,26)27;1-2/h5,14-16,18H,4,6-13H2,1-3H3;2H,1H3/b17-5+;. The number of aryl methyl sites for hydroxylation is 1. The van der Waals surface area contributed by atoms with E-state index < -0.39 is 11.6 Å². The molecule has 0 saturated heterocycles. The molecule has 4 rings (SSSR count). The van der Waals surface area contributed by atoms with Gasteiger partial charge in [0.2, 0.25) is 0 Å². The molecule has 178 valence electrons. The summed E-state index contributed by atoms with van der Waals surface area (Å²) in [4.78, 5) is 9.21. The van der Waals surface area contributed by atoms with Crippen LogP contribution in [0.1, 0.15) is 83.0 Å². The first-order chi connectivity index (χ1) is 15.3. The zero-order chi connectivity index (χ0) is 23.5. The Morgan fingerprint density at radius 1 is 1.31 bits per heavy atom.